The van der Waals surface area contributed by atoms with Gasteiger partial charge in [0.1, 0.15) is 98.6 Å². The summed E-state index contributed by atoms with van der Waals surface area (Å²) in [5.74, 6) is 5.15. The van der Waals surface area contributed by atoms with E-state index in [0.717, 1.165) is 67.6 Å². The molecule has 0 saturated carbocycles. The highest BCUT2D eigenvalue weighted by Gasteiger charge is 2.40. The molecule has 128 heavy (non-hydrogen) atoms. The number of rotatable bonds is 43. The summed E-state index contributed by atoms with van der Waals surface area (Å²) in [6.07, 6.45) is -0.102. The maximum absolute atomic E-state index is 6.96. The lowest BCUT2D eigenvalue weighted by atomic mass is 9.92. The molecule has 0 fully saturated rings. The van der Waals surface area contributed by atoms with Crippen LogP contribution >= 0.6 is 0 Å². The summed E-state index contributed by atoms with van der Waals surface area (Å²) in [4.78, 5) is 27.8. The highest BCUT2D eigenvalue weighted by atomic mass is 16.7. The molecule has 0 aliphatic rings. The van der Waals surface area contributed by atoms with Crippen molar-refractivity contribution in [2.45, 2.75) is 290 Å². The van der Waals surface area contributed by atoms with Gasteiger partial charge in [-0.1, -0.05) is 281 Å². The van der Waals surface area contributed by atoms with Crippen LogP contribution in [-0.2, 0) is 65.4 Å². The second-order valence-corrected chi connectivity index (χ2v) is 39.9. The number of hydrogen-bond donors (Lipinski definition) is 0. The molecular weight excluding hydrogens is 1590 g/mol. The van der Waals surface area contributed by atoms with Gasteiger partial charge in [-0.2, -0.15) is 20.3 Å². The fraction of sp³-hybridized carbons (Fsp3) is 0.421. The fourth-order valence-electron chi connectivity index (χ4n) is 16.6. The Morgan fingerprint density at radius 1 is 0.203 bits per heavy atom. The van der Waals surface area contributed by atoms with Crippen LogP contribution < -0.4 is 28.4 Å². The highest BCUT2D eigenvalue weighted by molar-refractivity contribution is 5.44. The van der Waals surface area contributed by atoms with Crippen molar-refractivity contribution in [3.8, 4) is 34.5 Å². The largest absolute Gasteiger partial charge is 0.489 e. The average Bonchev–Trinajstić information content (AvgIpc) is 0.808. The topological polar surface area (TPSA) is 105 Å². The van der Waals surface area contributed by atoms with Gasteiger partial charge in [-0.25, -0.2) is 0 Å². The maximum atomic E-state index is 6.96. The normalized spacial score (nSPS) is 14.3. The summed E-state index contributed by atoms with van der Waals surface area (Å²) < 4.78 is 40.6. The third-order valence-corrected chi connectivity index (χ3v) is 23.3. The minimum Gasteiger partial charge on any atom is -0.489 e. The van der Waals surface area contributed by atoms with E-state index < -0.39 is 0 Å². The Labute approximate surface area is 768 Å². The van der Waals surface area contributed by atoms with Crippen molar-refractivity contribution in [2.24, 2.45) is 23.7 Å². The Kier molecular flexibility index (Phi) is 34.6. The van der Waals surface area contributed by atoms with Gasteiger partial charge in [-0.05, 0) is 261 Å². The minimum atomic E-state index is -0.272. The van der Waals surface area contributed by atoms with E-state index in [-0.39, 0.29) is 84.0 Å². The van der Waals surface area contributed by atoms with E-state index in [4.69, 9.17) is 47.8 Å². The van der Waals surface area contributed by atoms with Crippen LogP contribution in [0.25, 0.3) is 0 Å². The standard InChI is InChI=1S/C114H146N4O10/c1-26-86-63-101(123-76-91-65-103(119-72-87-47-55-93(56-48-87)82(10)125-115(111(14,15)16)107(78(2)3)97-39-31-27-32-40-97)70-104(66-91)120-73-88-49-57-94(58-50-88)83(11)126-116(112(17,18)19)108(79(4)5)98-41-33-28-34-42-98)69-102(64-86)124-77-92-67-105(121-74-89-51-59-95(60-52-89)84(12)127-117(113(20,21)22)109(80(6)7)99-43-35-29-36-44-99)71-106(68-92)122-75-90-53-61-96(62-54-90)85(13)128-118(114(23,24)25)110(81(8)9)100-45-37-30-38-46-100/h27-71,78-85,107-110H,26,72-77H2,1-25H3. The Morgan fingerprint density at radius 3 is 0.539 bits per heavy atom. The molecule has 11 aromatic carbocycles. The van der Waals surface area contributed by atoms with E-state index in [1.54, 1.807) is 0 Å². The molecule has 0 aliphatic heterocycles. The SMILES string of the molecule is CCc1cc(OCc2cc(OCc3ccc(C(C)ON(C(c4ccccc4)C(C)C)C(C)(C)C)cc3)cc(OCc3ccc(C(C)ON(C(c4ccccc4)C(C)C)C(C)(C)C)cc3)c2)cc(OCc2cc(OCc3ccc(C(C)ON(C(c4ccccc4)C(C)C)C(C)(C)C)cc3)cc(OCc3ccc(C(C)ON(C(c4ccccc4)C(C)C)C(C)(C)C)cc3)c2)c1. The van der Waals surface area contributed by atoms with Gasteiger partial charge in [0, 0.05) is 40.4 Å². The molecule has 14 nitrogen and oxygen atoms in total. The lowest BCUT2D eigenvalue weighted by Gasteiger charge is -2.44. The number of nitrogens with zero attached hydrogens (tertiary/aromatic N) is 4. The zero-order valence-electron chi connectivity index (χ0n) is 81.2. The van der Waals surface area contributed by atoms with Crippen LogP contribution in [0.1, 0.15) is 305 Å². The van der Waals surface area contributed by atoms with E-state index in [0.29, 0.717) is 84.6 Å². The van der Waals surface area contributed by atoms with Crippen LogP contribution in [-0.4, -0.2) is 42.4 Å². The summed E-state index contributed by atoms with van der Waals surface area (Å²) in [7, 11) is 0. The lowest BCUT2D eigenvalue weighted by molar-refractivity contribution is -0.272. The van der Waals surface area contributed by atoms with Gasteiger partial charge in [0.25, 0.3) is 0 Å². The summed E-state index contributed by atoms with van der Waals surface area (Å²) in [6, 6.07) is 95.3. The molecule has 11 rings (SSSR count). The molecule has 0 radical (unpaired) electrons. The first-order valence-corrected chi connectivity index (χ1v) is 46.4. The quantitative estimate of drug-likeness (QED) is 0.0339. The first-order chi connectivity index (χ1) is 60.8. The first-order valence-electron chi connectivity index (χ1n) is 46.4. The summed E-state index contributed by atoms with van der Waals surface area (Å²) >= 11 is 0. The lowest BCUT2D eigenvalue weighted by Crippen LogP contribution is -2.46. The molecule has 0 saturated heterocycles. The number of aryl methyl sites for hydroxylation is 1. The monoisotopic (exact) mass is 1730 g/mol. The van der Waals surface area contributed by atoms with Crippen molar-refractivity contribution in [1.82, 2.24) is 20.3 Å². The Balaban J connectivity index is 0.819. The van der Waals surface area contributed by atoms with E-state index in [2.05, 4.69) is 424 Å². The van der Waals surface area contributed by atoms with E-state index in [9.17, 15) is 0 Å². The smallest absolute Gasteiger partial charge is 0.123 e. The van der Waals surface area contributed by atoms with Gasteiger partial charge in [-0.15, -0.1) is 0 Å². The molecule has 11 aromatic rings. The molecule has 0 aliphatic carbocycles. The second-order valence-electron chi connectivity index (χ2n) is 39.9. The van der Waals surface area contributed by atoms with Crippen LogP contribution in [0.4, 0.5) is 0 Å². The number of benzene rings is 11. The first kappa shape index (κ1) is 98.5. The minimum absolute atomic E-state index is 0.0563. The summed E-state index contributed by atoms with van der Waals surface area (Å²) in [5.41, 5.74) is 15.0. The van der Waals surface area contributed by atoms with E-state index in [1.807, 2.05) is 42.5 Å². The van der Waals surface area contributed by atoms with Crippen molar-refractivity contribution in [3.63, 3.8) is 0 Å². The number of hydrogen-bond acceptors (Lipinski definition) is 14. The average molecular weight is 1730 g/mol. The Hall–Kier alpha value is -10.1. The van der Waals surface area contributed by atoms with Crippen molar-refractivity contribution in [2.75, 3.05) is 0 Å². The maximum Gasteiger partial charge on any atom is 0.123 e. The fourth-order valence-corrected chi connectivity index (χ4v) is 16.6. The van der Waals surface area contributed by atoms with Crippen molar-refractivity contribution < 1.29 is 47.8 Å². The van der Waals surface area contributed by atoms with Crippen molar-refractivity contribution >= 4 is 0 Å². The van der Waals surface area contributed by atoms with Gasteiger partial charge in [-0.3, -0.25) is 19.4 Å². The molecule has 14 heteroatoms. The summed E-state index contributed by atoms with van der Waals surface area (Å²) in [5, 5.41) is 8.76. The molecule has 0 heterocycles. The number of hydroxylamine groups is 8. The molecule has 0 spiro atoms. The molecule has 0 bridgehead atoms. The third kappa shape index (κ3) is 28.0. The van der Waals surface area contributed by atoms with Gasteiger partial charge in [0.05, 0.1) is 24.2 Å². The third-order valence-electron chi connectivity index (χ3n) is 23.3. The van der Waals surface area contributed by atoms with Crippen molar-refractivity contribution in [1.29, 1.82) is 0 Å². The van der Waals surface area contributed by atoms with Crippen LogP contribution in [0.3, 0.4) is 0 Å². The van der Waals surface area contributed by atoms with Crippen LogP contribution in [0.5, 0.6) is 34.5 Å². The van der Waals surface area contributed by atoms with Gasteiger partial charge < -0.3 is 28.4 Å². The van der Waals surface area contributed by atoms with Gasteiger partial charge >= 0.3 is 0 Å². The molecule has 8 unspecified atom stereocenters. The second kappa shape index (κ2) is 45.0. The Bertz CT molecular complexity index is 4550. The molecule has 8 atom stereocenters. The summed E-state index contributed by atoms with van der Waals surface area (Å²) in [6.45, 7) is 57.0. The van der Waals surface area contributed by atoms with E-state index in [1.165, 1.54) is 22.3 Å². The van der Waals surface area contributed by atoms with Crippen LogP contribution in [0.2, 0.25) is 0 Å². The Morgan fingerprint density at radius 2 is 0.375 bits per heavy atom. The zero-order valence-corrected chi connectivity index (χ0v) is 81.2. The molecule has 0 N–H and O–H groups in total. The predicted molar refractivity (Wildman–Crippen MR) is 521 cm³/mol. The van der Waals surface area contributed by atoms with Gasteiger partial charge in [0.15, 0.2) is 0 Å². The number of ether oxygens (including phenoxy) is 6. The van der Waals surface area contributed by atoms with Crippen LogP contribution in [0.15, 0.2) is 273 Å². The molecule has 0 amide bonds. The molecular formula is C114H146N4O10. The predicted octanol–water partition coefficient (Wildman–Crippen LogP) is 29.7. The van der Waals surface area contributed by atoms with Gasteiger partial charge in [0.2, 0.25) is 0 Å². The molecule has 0 aromatic heterocycles. The van der Waals surface area contributed by atoms with Crippen LogP contribution in [0, 0.1) is 23.7 Å². The molecule has 682 valence electrons. The highest BCUT2D eigenvalue weighted by Crippen LogP contribution is 2.44. The van der Waals surface area contributed by atoms with E-state index >= 15 is 0 Å². The zero-order chi connectivity index (χ0) is 92.2. The van der Waals surface area contributed by atoms with Crippen molar-refractivity contribution in [3.05, 3.63) is 356 Å².